The van der Waals surface area contributed by atoms with E-state index in [1.165, 1.54) is 6.07 Å². The summed E-state index contributed by atoms with van der Waals surface area (Å²) in [6, 6.07) is 10.6. The third kappa shape index (κ3) is 2.31. The third-order valence-electron chi connectivity index (χ3n) is 2.36. The fraction of sp³-hybridized carbons (Fsp3) is 0.167. The molecule has 0 radical (unpaired) electrons. The molecule has 16 heavy (non-hydrogen) atoms. The molecule has 0 aromatic carbocycles. The van der Waals surface area contributed by atoms with E-state index in [0.29, 0.717) is 11.7 Å². The molecule has 4 heteroatoms. The zero-order valence-corrected chi connectivity index (χ0v) is 9.61. The van der Waals surface area contributed by atoms with E-state index in [2.05, 4.69) is 4.98 Å². The molecule has 0 atom stereocenters. The van der Waals surface area contributed by atoms with E-state index in [1.54, 1.807) is 16.7 Å². The van der Waals surface area contributed by atoms with Crippen molar-refractivity contribution >= 4 is 11.6 Å². The molecular formula is C12H11ClN2O. The molecule has 2 rings (SSSR count). The predicted octanol–water partition coefficient (Wildman–Crippen LogP) is 2.25. The van der Waals surface area contributed by atoms with Gasteiger partial charge in [0.25, 0.3) is 5.56 Å². The number of aryl methyl sites for hydroxylation is 1. The van der Waals surface area contributed by atoms with Crippen LogP contribution in [0.4, 0.5) is 0 Å². The molecule has 0 saturated heterocycles. The summed E-state index contributed by atoms with van der Waals surface area (Å²) in [6.45, 7) is 2.35. The molecule has 0 amide bonds. The molecule has 0 bridgehead atoms. The summed E-state index contributed by atoms with van der Waals surface area (Å²) in [6.07, 6.45) is 0. The van der Waals surface area contributed by atoms with Crippen LogP contribution in [-0.2, 0) is 6.54 Å². The Labute approximate surface area is 98.3 Å². The molecule has 0 spiro atoms. The SMILES string of the molecule is Cc1cccc(=O)n1Cc1cccc(Cl)n1. The number of nitrogens with zero attached hydrogens (tertiary/aromatic N) is 2. The van der Waals surface area contributed by atoms with Gasteiger partial charge in [-0.3, -0.25) is 4.79 Å². The van der Waals surface area contributed by atoms with E-state index in [-0.39, 0.29) is 5.56 Å². The average Bonchev–Trinajstić information content (AvgIpc) is 2.24. The molecule has 0 saturated carbocycles. The maximum Gasteiger partial charge on any atom is 0.251 e. The molecule has 0 N–H and O–H groups in total. The zero-order valence-electron chi connectivity index (χ0n) is 8.85. The van der Waals surface area contributed by atoms with E-state index >= 15 is 0 Å². The van der Waals surface area contributed by atoms with Crippen molar-refractivity contribution in [2.24, 2.45) is 0 Å². The molecule has 2 heterocycles. The van der Waals surface area contributed by atoms with Gasteiger partial charge in [-0.25, -0.2) is 4.98 Å². The monoisotopic (exact) mass is 234 g/mol. The second-order valence-corrected chi connectivity index (χ2v) is 3.93. The van der Waals surface area contributed by atoms with Crippen LogP contribution in [0.2, 0.25) is 5.15 Å². The molecule has 0 aliphatic carbocycles. The van der Waals surface area contributed by atoms with E-state index in [4.69, 9.17) is 11.6 Å². The lowest BCUT2D eigenvalue weighted by Crippen LogP contribution is -2.21. The summed E-state index contributed by atoms with van der Waals surface area (Å²) in [5, 5.41) is 0.444. The molecule has 0 aliphatic heterocycles. The zero-order chi connectivity index (χ0) is 11.5. The number of rotatable bonds is 2. The van der Waals surface area contributed by atoms with Crippen LogP contribution >= 0.6 is 11.6 Å². The van der Waals surface area contributed by atoms with Crippen LogP contribution in [0.3, 0.4) is 0 Å². The van der Waals surface area contributed by atoms with Gasteiger partial charge in [-0.05, 0) is 25.1 Å². The van der Waals surface area contributed by atoms with Crippen molar-refractivity contribution in [1.82, 2.24) is 9.55 Å². The Morgan fingerprint density at radius 1 is 1.25 bits per heavy atom. The van der Waals surface area contributed by atoms with Crippen molar-refractivity contribution in [3.05, 3.63) is 63.3 Å². The van der Waals surface area contributed by atoms with Crippen molar-refractivity contribution in [2.45, 2.75) is 13.5 Å². The van der Waals surface area contributed by atoms with Gasteiger partial charge in [0.05, 0.1) is 12.2 Å². The molecule has 2 aromatic heterocycles. The quantitative estimate of drug-likeness (QED) is 0.747. The second kappa shape index (κ2) is 4.49. The van der Waals surface area contributed by atoms with Gasteiger partial charge in [0, 0.05) is 11.8 Å². The van der Waals surface area contributed by atoms with E-state index in [0.717, 1.165) is 11.4 Å². The average molecular weight is 235 g/mol. The Bertz CT molecular complexity index is 563. The Kier molecular flexibility index (Phi) is 3.06. The highest BCUT2D eigenvalue weighted by Gasteiger charge is 2.02. The van der Waals surface area contributed by atoms with Gasteiger partial charge in [-0.1, -0.05) is 23.7 Å². The first-order chi connectivity index (χ1) is 7.66. The van der Waals surface area contributed by atoms with Crippen molar-refractivity contribution < 1.29 is 0 Å². The minimum absolute atomic E-state index is 0.0261. The number of hydrogen-bond donors (Lipinski definition) is 0. The van der Waals surface area contributed by atoms with Crippen molar-refractivity contribution in [2.75, 3.05) is 0 Å². The van der Waals surface area contributed by atoms with Crippen LogP contribution in [0.25, 0.3) is 0 Å². The van der Waals surface area contributed by atoms with Gasteiger partial charge in [-0.15, -0.1) is 0 Å². The summed E-state index contributed by atoms with van der Waals surface area (Å²) in [5.74, 6) is 0. The van der Waals surface area contributed by atoms with Gasteiger partial charge < -0.3 is 4.57 Å². The van der Waals surface area contributed by atoms with Crippen LogP contribution in [0.5, 0.6) is 0 Å². The van der Waals surface area contributed by atoms with Gasteiger partial charge in [0.1, 0.15) is 5.15 Å². The van der Waals surface area contributed by atoms with Crippen molar-refractivity contribution in [3.63, 3.8) is 0 Å². The minimum Gasteiger partial charge on any atom is -0.307 e. The van der Waals surface area contributed by atoms with Crippen LogP contribution in [-0.4, -0.2) is 9.55 Å². The van der Waals surface area contributed by atoms with Gasteiger partial charge in [0.15, 0.2) is 0 Å². The van der Waals surface area contributed by atoms with Crippen molar-refractivity contribution in [3.8, 4) is 0 Å². The van der Waals surface area contributed by atoms with Crippen LogP contribution in [0.15, 0.2) is 41.2 Å². The third-order valence-corrected chi connectivity index (χ3v) is 2.57. The molecular weight excluding hydrogens is 224 g/mol. The fourth-order valence-corrected chi connectivity index (χ4v) is 1.71. The van der Waals surface area contributed by atoms with E-state index in [9.17, 15) is 4.79 Å². The van der Waals surface area contributed by atoms with E-state index in [1.807, 2.05) is 25.1 Å². The lowest BCUT2D eigenvalue weighted by Gasteiger charge is -2.08. The molecule has 82 valence electrons. The summed E-state index contributed by atoms with van der Waals surface area (Å²) in [5.41, 5.74) is 1.67. The summed E-state index contributed by atoms with van der Waals surface area (Å²) in [4.78, 5) is 15.8. The Morgan fingerprint density at radius 3 is 2.69 bits per heavy atom. The number of aromatic nitrogens is 2. The maximum atomic E-state index is 11.6. The van der Waals surface area contributed by atoms with Gasteiger partial charge in [-0.2, -0.15) is 0 Å². The Morgan fingerprint density at radius 2 is 2.00 bits per heavy atom. The first-order valence-corrected chi connectivity index (χ1v) is 5.32. The largest absolute Gasteiger partial charge is 0.307 e. The van der Waals surface area contributed by atoms with Crippen LogP contribution in [0, 0.1) is 6.92 Å². The van der Waals surface area contributed by atoms with E-state index < -0.39 is 0 Å². The summed E-state index contributed by atoms with van der Waals surface area (Å²) >= 11 is 5.79. The highest BCUT2D eigenvalue weighted by atomic mass is 35.5. The second-order valence-electron chi connectivity index (χ2n) is 3.54. The number of hydrogen-bond acceptors (Lipinski definition) is 2. The highest BCUT2D eigenvalue weighted by molar-refractivity contribution is 6.29. The number of pyridine rings is 2. The molecule has 0 unspecified atom stereocenters. The molecule has 3 nitrogen and oxygen atoms in total. The van der Waals surface area contributed by atoms with Crippen LogP contribution < -0.4 is 5.56 Å². The molecule has 0 aliphatic rings. The van der Waals surface area contributed by atoms with Crippen molar-refractivity contribution in [1.29, 1.82) is 0 Å². The highest BCUT2D eigenvalue weighted by Crippen LogP contribution is 2.06. The predicted molar refractivity (Wildman–Crippen MR) is 63.8 cm³/mol. The van der Waals surface area contributed by atoms with Gasteiger partial charge in [0.2, 0.25) is 0 Å². The lowest BCUT2D eigenvalue weighted by atomic mass is 10.3. The summed E-state index contributed by atoms with van der Waals surface area (Å²) < 4.78 is 1.67. The topological polar surface area (TPSA) is 34.9 Å². The smallest absolute Gasteiger partial charge is 0.251 e. The Hall–Kier alpha value is -1.61. The minimum atomic E-state index is -0.0261. The number of halogens is 1. The fourth-order valence-electron chi connectivity index (χ4n) is 1.53. The first-order valence-electron chi connectivity index (χ1n) is 4.95. The molecule has 0 fully saturated rings. The maximum absolute atomic E-state index is 11.6. The van der Waals surface area contributed by atoms with Crippen LogP contribution in [0.1, 0.15) is 11.4 Å². The first kappa shape index (κ1) is 10.9. The van der Waals surface area contributed by atoms with Gasteiger partial charge >= 0.3 is 0 Å². The normalized spacial score (nSPS) is 10.4. The Balaban J connectivity index is 2.38. The summed E-state index contributed by atoms with van der Waals surface area (Å²) in [7, 11) is 0. The standard InChI is InChI=1S/C12H11ClN2O/c1-9-4-2-7-12(16)15(9)8-10-5-3-6-11(13)14-10/h2-7H,8H2,1H3. The lowest BCUT2D eigenvalue weighted by molar-refractivity contribution is 0.713. The molecule has 2 aromatic rings.